The summed E-state index contributed by atoms with van der Waals surface area (Å²) in [5.41, 5.74) is 1.59. The number of hydrogen-bond acceptors (Lipinski definition) is 7. The highest BCUT2D eigenvalue weighted by Crippen LogP contribution is 2.42. The van der Waals surface area contributed by atoms with Crippen molar-refractivity contribution in [2.75, 3.05) is 26.6 Å². The van der Waals surface area contributed by atoms with Crippen molar-refractivity contribution in [2.45, 2.75) is 19.4 Å². The lowest BCUT2D eigenvalue weighted by Gasteiger charge is -2.38. The Labute approximate surface area is 168 Å². The van der Waals surface area contributed by atoms with Crippen LogP contribution in [0, 0.1) is 0 Å². The van der Waals surface area contributed by atoms with Crippen molar-refractivity contribution in [3.63, 3.8) is 0 Å². The fraction of sp³-hybridized carbons (Fsp3) is 0.350. The van der Waals surface area contributed by atoms with Crippen molar-refractivity contribution in [3.05, 3.63) is 47.7 Å². The number of carbonyl (C=O) groups is 2. The van der Waals surface area contributed by atoms with Gasteiger partial charge in [-0.25, -0.2) is 9.79 Å². The number of rotatable bonds is 6. The van der Waals surface area contributed by atoms with Gasteiger partial charge in [0.25, 0.3) is 0 Å². The molecule has 0 bridgehead atoms. The molecule has 3 rings (SSSR count). The Morgan fingerprint density at radius 1 is 1.39 bits per heavy atom. The number of fused-ring (bicyclic) bond motifs is 1. The largest absolute Gasteiger partial charge is 0.493 e. The molecular weight excluding hydrogens is 380 g/mol. The highest BCUT2D eigenvalue weighted by molar-refractivity contribution is 8.14. The van der Waals surface area contributed by atoms with Gasteiger partial charge in [0.15, 0.2) is 16.7 Å². The Hall–Kier alpha value is -2.74. The van der Waals surface area contributed by atoms with Crippen LogP contribution in [0.1, 0.15) is 24.9 Å². The molecule has 0 aliphatic carbocycles. The van der Waals surface area contributed by atoms with Crippen molar-refractivity contribution < 1.29 is 23.8 Å². The maximum atomic E-state index is 12.7. The second-order valence-electron chi connectivity index (χ2n) is 6.16. The number of nitrogens with zero attached hydrogens (tertiary/aromatic N) is 2. The van der Waals surface area contributed by atoms with E-state index < -0.39 is 12.0 Å². The van der Waals surface area contributed by atoms with Crippen molar-refractivity contribution >= 4 is 28.8 Å². The lowest BCUT2D eigenvalue weighted by Crippen LogP contribution is -2.45. The van der Waals surface area contributed by atoms with Gasteiger partial charge in [-0.2, -0.15) is 0 Å². The Morgan fingerprint density at radius 3 is 2.86 bits per heavy atom. The van der Waals surface area contributed by atoms with Crippen LogP contribution in [0.2, 0.25) is 0 Å². The number of ether oxygens (including phenoxy) is 3. The van der Waals surface area contributed by atoms with E-state index in [1.54, 1.807) is 30.0 Å². The molecule has 1 aromatic carbocycles. The highest BCUT2D eigenvalue weighted by Gasteiger charge is 2.41. The number of aliphatic imine (C=N–C) groups is 1. The van der Waals surface area contributed by atoms with Gasteiger partial charge in [0.2, 0.25) is 5.91 Å². The molecule has 1 fully saturated rings. The Balaban J connectivity index is 2.12. The molecule has 2 aliphatic rings. The van der Waals surface area contributed by atoms with E-state index in [-0.39, 0.29) is 5.91 Å². The molecule has 0 unspecified atom stereocenters. The molecule has 1 saturated heterocycles. The number of benzene rings is 1. The molecule has 8 heteroatoms. The van der Waals surface area contributed by atoms with Crippen LogP contribution in [0.3, 0.4) is 0 Å². The fourth-order valence-corrected chi connectivity index (χ4v) is 4.21. The second-order valence-corrected chi connectivity index (χ2v) is 7.22. The summed E-state index contributed by atoms with van der Waals surface area (Å²) in [4.78, 5) is 31.3. The molecule has 7 nitrogen and oxygen atoms in total. The van der Waals surface area contributed by atoms with E-state index in [2.05, 4.69) is 11.6 Å². The number of carbonyl (C=O) groups excluding carboxylic acids is 2. The number of amides is 1. The monoisotopic (exact) mass is 402 g/mol. The van der Waals surface area contributed by atoms with Crippen LogP contribution in [0.5, 0.6) is 11.5 Å². The van der Waals surface area contributed by atoms with Gasteiger partial charge < -0.3 is 14.2 Å². The lowest BCUT2D eigenvalue weighted by atomic mass is 9.94. The average Bonchev–Trinajstić information content (AvgIpc) is 2.70. The Kier molecular flexibility index (Phi) is 6.08. The van der Waals surface area contributed by atoms with Crippen LogP contribution < -0.4 is 9.47 Å². The molecule has 148 valence electrons. The maximum Gasteiger partial charge on any atom is 0.338 e. The summed E-state index contributed by atoms with van der Waals surface area (Å²) in [5, 5.41) is 0.595. The van der Waals surface area contributed by atoms with Crippen molar-refractivity contribution in [1.29, 1.82) is 0 Å². The smallest absolute Gasteiger partial charge is 0.338 e. The number of thioether (sulfide) groups is 1. The summed E-state index contributed by atoms with van der Waals surface area (Å²) in [5.74, 6) is 1.12. The van der Waals surface area contributed by atoms with Crippen molar-refractivity contribution in [3.8, 4) is 11.5 Å². The summed E-state index contributed by atoms with van der Waals surface area (Å²) >= 11 is 1.50. The minimum absolute atomic E-state index is 0.0812. The topological polar surface area (TPSA) is 77.4 Å². The summed E-state index contributed by atoms with van der Waals surface area (Å²) < 4.78 is 16.0. The number of amidine groups is 1. The van der Waals surface area contributed by atoms with Gasteiger partial charge in [-0.1, -0.05) is 30.5 Å². The molecule has 2 heterocycles. The Bertz CT molecular complexity index is 877. The van der Waals surface area contributed by atoms with Gasteiger partial charge in [-0.15, -0.1) is 0 Å². The predicted octanol–water partition coefficient (Wildman–Crippen LogP) is 3.08. The standard InChI is InChI=1S/C20H22N2O5S/c1-5-9-27-14-7-6-13(11-15(14)25-3)18-17(19(24)26-4)12(2)21-20-22(18)16(23)8-10-28-20/h5-7,11,18H,1,8-10H2,2-4H3/t18-/m1/s1. The number of hydrogen-bond donors (Lipinski definition) is 0. The molecule has 0 saturated carbocycles. The lowest BCUT2D eigenvalue weighted by molar-refractivity contribution is -0.137. The summed E-state index contributed by atoms with van der Waals surface area (Å²) in [6.07, 6.45) is 2.02. The van der Waals surface area contributed by atoms with E-state index in [0.717, 1.165) is 0 Å². The normalized spacial score (nSPS) is 19.0. The van der Waals surface area contributed by atoms with Crippen LogP contribution in [0.15, 0.2) is 47.1 Å². The molecule has 0 aromatic heterocycles. The molecule has 0 radical (unpaired) electrons. The maximum absolute atomic E-state index is 12.7. The van der Waals surface area contributed by atoms with Crippen LogP contribution in [-0.4, -0.2) is 48.5 Å². The first-order chi connectivity index (χ1) is 13.5. The van der Waals surface area contributed by atoms with E-state index in [1.807, 2.05) is 6.07 Å². The molecular formula is C20H22N2O5S. The summed E-state index contributed by atoms with van der Waals surface area (Å²) in [6, 6.07) is 4.71. The quantitative estimate of drug-likeness (QED) is 0.538. The van der Waals surface area contributed by atoms with Gasteiger partial charge in [0.1, 0.15) is 6.61 Å². The molecule has 1 atom stereocenters. The third kappa shape index (κ3) is 3.64. The first-order valence-electron chi connectivity index (χ1n) is 8.76. The van der Waals surface area contributed by atoms with E-state index in [1.165, 1.54) is 26.0 Å². The van der Waals surface area contributed by atoms with Crippen molar-refractivity contribution in [1.82, 2.24) is 4.90 Å². The fourth-order valence-electron chi connectivity index (χ4n) is 3.20. The number of esters is 1. The molecule has 0 spiro atoms. The Morgan fingerprint density at radius 2 is 2.18 bits per heavy atom. The highest BCUT2D eigenvalue weighted by atomic mass is 32.2. The van der Waals surface area contributed by atoms with Crippen LogP contribution in [-0.2, 0) is 14.3 Å². The zero-order chi connectivity index (χ0) is 20.3. The molecule has 0 N–H and O–H groups in total. The zero-order valence-corrected chi connectivity index (χ0v) is 16.9. The third-order valence-corrected chi connectivity index (χ3v) is 5.43. The number of allylic oxidation sites excluding steroid dienone is 1. The van der Waals surface area contributed by atoms with Gasteiger partial charge in [-0.05, 0) is 24.6 Å². The summed E-state index contributed by atoms with van der Waals surface area (Å²) in [7, 11) is 2.86. The van der Waals surface area contributed by atoms with Gasteiger partial charge in [0, 0.05) is 12.2 Å². The molecule has 1 aromatic rings. The van der Waals surface area contributed by atoms with Crippen LogP contribution >= 0.6 is 11.8 Å². The van der Waals surface area contributed by atoms with Crippen molar-refractivity contribution in [2.24, 2.45) is 4.99 Å². The van der Waals surface area contributed by atoms with E-state index in [0.29, 0.717) is 52.3 Å². The van der Waals surface area contributed by atoms with Gasteiger partial charge in [0.05, 0.1) is 31.5 Å². The minimum atomic E-state index is -0.636. The SMILES string of the molecule is C=CCOc1ccc([C@@H]2C(C(=O)OC)=C(C)N=C3SCCC(=O)N32)cc1OC. The van der Waals surface area contributed by atoms with Gasteiger partial charge in [-0.3, -0.25) is 9.69 Å². The average molecular weight is 402 g/mol. The number of methoxy groups -OCH3 is 2. The molecule has 2 aliphatic heterocycles. The molecule has 28 heavy (non-hydrogen) atoms. The molecule has 1 amide bonds. The van der Waals surface area contributed by atoms with Crippen LogP contribution in [0.25, 0.3) is 0 Å². The first-order valence-corrected chi connectivity index (χ1v) is 9.74. The third-order valence-electron chi connectivity index (χ3n) is 4.47. The predicted molar refractivity (Wildman–Crippen MR) is 107 cm³/mol. The van der Waals surface area contributed by atoms with E-state index >= 15 is 0 Å². The first kappa shape index (κ1) is 20.0. The van der Waals surface area contributed by atoms with Gasteiger partial charge >= 0.3 is 5.97 Å². The summed E-state index contributed by atoms with van der Waals surface area (Å²) in [6.45, 7) is 5.73. The van der Waals surface area contributed by atoms with E-state index in [9.17, 15) is 9.59 Å². The second kappa shape index (κ2) is 8.52. The minimum Gasteiger partial charge on any atom is -0.493 e. The van der Waals surface area contributed by atoms with Crippen LogP contribution in [0.4, 0.5) is 0 Å². The zero-order valence-electron chi connectivity index (χ0n) is 16.1. The van der Waals surface area contributed by atoms with E-state index in [4.69, 9.17) is 14.2 Å².